The van der Waals surface area contributed by atoms with E-state index in [1.165, 1.54) is 17.0 Å². The molecule has 1 amide bonds. The first-order valence-corrected chi connectivity index (χ1v) is 9.28. The molecule has 0 spiro atoms. The van der Waals surface area contributed by atoms with Crippen molar-refractivity contribution < 1.29 is 26.4 Å². The molecule has 0 bridgehead atoms. The number of nitrogens with one attached hydrogen (secondary N) is 1. The summed E-state index contributed by atoms with van der Waals surface area (Å²) in [5.41, 5.74) is -0.242. The van der Waals surface area contributed by atoms with Crippen LogP contribution in [0.25, 0.3) is 0 Å². The maximum absolute atomic E-state index is 12.5. The summed E-state index contributed by atoms with van der Waals surface area (Å²) in [5.74, 6) is -0.114. The number of rotatable bonds is 5. The number of carbonyl (C=O) groups is 1. The third-order valence-electron chi connectivity index (χ3n) is 4.03. The third kappa shape index (κ3) is 4.86. The second-order valence-corrected chi connectivity index (χ2v) is 8.04. The van der Waals surface area contributed by atoms with E-state index < -0.39 is 21.6 Å². The van der Waals surface area contributed by atoms with Crippen molar-refractivity contribution in [3.63, 3.8) is 0 Å². The fourth-order valence-electron chi connectivity index (χ4n) is 2.55. The van der Waals surface area contributed by atoms with E-state index in [9.17, 15) is 26.4 Å². The molecule has 1 aliphatic heterocycles. The van der Waals surface area contributed by atoms with Gasteiger partial charge < -0.3 is 10.2 Å². The number of alkyl halides is 3. The van der Waals surface area contributed by atoms with Crippen LogP contribution < -0.4 is 5.32 Å². The van der Waals surface area contributed by atoms with Crippen LogP contribution >= 0.6 is 0 Å². The summed E-state index contributed by atoms with van der Waals surface area (Å²) in [4.78, 5) is 13.5. The summed E-state index contributed by atoms with van der Waals surface area (Å²) in [6.07, 6.45) is -3.80. The lowest BCUT2D eigenvalue weighted by atomic mass is 10.2. The van der Waals surface area contributed by atoms with Gasteiger partial charge in [-0.3, -0.25) is 4.79 Å². The number of halogens is 3. The SMILES string of the molecule is CN(C(=O)CCNc1ccc(C(F)(F)F)cc1)C1CCS(=O)(=O)C1. The van der Waals surface area contributed by atoms with Gasteiger partial charge in [-0.25, -0.2) is 8.42 Å². The molecule has 24 heavy (non-hydrogen) atoms. The van der Waals surface area contributed by atoms with E-state index in [4.69, 9.17) is 0 Å². The van der Waals surface area contributed by atoms with Crippen LogP contribution in [0.3, 0.4) is 0 Å². The van der Waals surface area contributed by atoms with Gasteiger partial charge in [-0.15, -0.1) is 0 Å². The number of hydrogen-bond acceptors (Lipinski definition) is 4. The molecule has 9 heteroatoms. The second kappa shape index (κ2) is 7.00. The van der Waals surface area contributed by atoms with Gasteiger partial charge in [0.25, 0.3) is 0 Å². The Morgan fingerprint density at radius 2 is 1.92 bits per heavy atom. The molecule has 1 aromatic rings. The Labute approximate surface area is 138 Å². The van der Waals surface area contributed by atoms with Crippen LogP contribution in [0.2, 0.25) is 0 Å². The summed E-state index contributed by atoms with van der Waals surface area (Å²) in [5, 5.41) is 2.88. The van der Waals surface area contributed by atoms with E-state index in [0.717, 1.165) is 12.1 Å². The smallest absolute Gasteiger partial charge is 0.385 e. The summed E-state index contributed by atoms with van der Waals surface area (Å²) in [6.45, 7) is 0.258. The topological polar surface area (TPSA) is 66.5 Å². The number of carbonyl (C=O) groups excluding carboxylic acids is 1. The van der Waals surface area contributed by atoms with Gasteiger partial charge in [0.2, 0.25) is 5.91 Å². The molecule has 0 radical (unpaired) electrons. The van der Waals surface area contributed by atoms with Crippen molar-refractivity contribution in [1.82, 2.24) is 4.90 Å². The number of benzene rings is 1. The highest BCUT2D eigenvalue weighted by molar-refractivity contribution is 7.91. The zero-order valence-electron chi connectivity index (χ0n) is 13.1. The molecule has 1 saturated heterocycles. The minimum absolute atomic E-state index is 0.0123. The van der Waals surface area contributed by atoms with Crippen LogP contribution in [0, 0.1) is 0 Å². The Hall–Kier alpha value is -1.77. The molecule has 1 aliphatic rings. The largest absolute Gasteiger partial charge is 0.416 e. The van der Waals surface area contributed by atoms with Crippen LogP contribution in [0.1, 0.15) is 18.4 Å². The van der Waals surface area contributed by atoms with Gasteiger partial charge >= 0.3 is 6.18 Å². The van der Waals surface area contributed by atoms with Gasteiger partial charge in [0.15, 0.2) is 9.84 Å². The number of hydrogen-bond donors (Lipinski definition) is 1. The van der Waals surface area contributed by atoms with Crippen molar-refractivity contribution in [2.24, 2.45) is 0 Å². The Bertz CT molecular complexity index is 687. The molecule has 1 atom stereocenters. The molecule has 0 saturated carbocycles. The van der Waals surface area contributed by atoms with E-state index >= 15 is 0 Å². The molecular formula is C15H19F3N2O3S. The van der Waals surface area contributed by atoms with Crippen LogP contribution in [0.15, 0.2) is 24.3 Å². The van der Waals surface area contributed by atoms with E-state index in [2.05, 4.69) is 5.32 Å². The first kappa shape index (κ1) is 18.6. The van der Waals surface area contributed by atoms with Crippen LogP contribution in [0.4, 0.5) is 18.9 Å². The lowest BCUT2D eigenvalue weighted by Crippen LogP contribution is -2.38. The fourth-order valence-corrected chi connectivity index (χ4v) is 4.33. The van der Waals surface area contributed by atoms with E-state index in [1.807, 2.05) is 0 Å². The second-order valence-electron chi connectivity index (χ2n) is 5.81. The highest BCUT2D eigenvalue weighted by Crippen LogP contribution is 2.29. The van der Waals surface area contributed by atoms with Crippen molar-refractivity contribution in [3.05, 3.63) is 29.8 Å². The van der Waals surface area contributed by atoms with Crippen LogP contribution in [-0.2, 0) is 20.8 Å². The first-order chi connectivity index (χ1) is 11.1. The Morgan fingerprint density at radius 3 is 2.42 bits per heavy atom. The summed E-state index contributed by atoms with van der Waals surface area (Å²) in [7, 11) is -1.48. The first-order valence-electron chi connectivity index (χ1n) is 7.46. The standard InChI is InChI=1S/C15H19F3N2O3S/c1-20(13-7-9-24(22,23)10-13)14(21)6-8-19-12-4-2-11(3-5-12)15(16,17)18/h2-5,13,19H,6-10H2,1H3. The molecular weight excluding hydrogens is 345 g/mol. The molecule has 1 N–H and O–H groups in total. The Morgan fingerprint density at radius 1 is 1.29 bits per heavy atom. The van der Waals surface area contributed by atoms with Gasteiger partial charge in [0.1, 0.15) is 0 Å². The van der Waals surface area contributed by atoms with Gasteiger partial charge in [-0.1, -0.05) is 0 Å². The predicted octanol–water partition coefficient (Wildman–Crippen LogP) is 2.15. The van der Waals surface area contributed by atoms with Crippen LogP contribution in [0.5, 0.6) is 0 Å². The average Bonchev–Trinajstić information content (AvgIpc) is 2.86. The fraction of sp³-hybridized carbons (Fsp3) is 0.533. The van der Waals surface area contributed by atoms with Gasteiger partial charge in [-0.05, 0) is 30.7 Å². The molecule has 2 rings (SSSR count). The van der Waals surface area contributed by atoms with Gasteiger partial charge in [0, 0.05) is 31.7 Å². The normalized spacial score (nSPS) is 19.9. The predicted molar refractivity (Wildman–Crippen MR) is 84.4 cm³/mol. The Kier molecular flexibility index (Phi) is 5.42. The molecule has 5 nitrogen and oxygen atoms in total. The summed E-state index contributed by atoms with van der Waals surface area (Å²) < 4.78 is 60.2. The number of amides is 1. The lowest BCUT2D eigenvalue weighted by Gasteiger charge is -2.23. The number of sulfone groups is 1. The monoisotopic (exact) mass is 364 g/mol. The van der Waals surface area contributed by atoms with Crippen LogP contribution in [-0.4, -0.2) is 50.4 Å². The molecule has 0 aliphatic carbocycles. The molecule has 1 aromatic carbocycles. The average molecular weight is 364 g/mol. The maximum atomic E-state index is 12.5. The molecule has 134 valence electrons. The number of nitrogens with zero attached hydrogens (tertiary/aromatic N) is 1. The third-order valence-corrected chi connectivity index (χ3v) is 5.78. The highest BCUT2D eigenvalue weighted by Gasteiger charge is 2.32. The zero-order valence-corrected chi connectivity index (χ0v) is 14.0. The van der Waals surface area contributed by atoms with Crippen molar-refractivity contribution in [3.8, 4) is 0 Å². The molecule has 1 unspecified atom stereocenters. The van der Waals surface area contributed by atoms with Gasteiger partial charge in [-0.2, -0.15) is 13.2 Å². The zero-order chi connectivity index (χ0) is 18.0. The van der Waals surface area contributed by atoms with E-state index in [1.54, 1.807) is 7.05 Å². The molecule has 1 fully saturated rings. The summed E-state index contributed by atoms with van der Waals surface area (Å²) >= 11 is 0. The van der Waals surface area contributed by atoms with E-state index in [0.29, 0.717) is 12.1 Å². The quantitative estimate of drug-likeness (QED) is 0.870. The molecule has 0 aromatic heterocycles. The number of anilines is 1. The highest BCUT2D eigenvalue weighted by atomic mass is 32.2. The summed E-state index contributed by atoms with van der Waals surface area (Å²) in [6, 6.07) is 4.26. The van der Waals surface area contributed by atoms with E-state index in [-0.39, 0.29) is 36.4 Å². The van der Waals surface area contributed by atoms with Gasteiger partial charge in [0.05, 0.1) is 17.1 Å². The molecule has 1 heterocycles. The Balaban J connectivity index is 1.80. The van der Waals surface area contributed by atoms with Crippen molar-refractivity contribution in [2.45, 2.75) is 25.1 Å². The minimum Gasteiger partial charge on any atom is -0.385 e. The minimum atomic E-state index is -4.38. The van der Waals surface area contributed by atoms with Crippen molar-refractivity contribution >= 4 is 21.4 Å². The van der Waals surface area contributed by atoms with Crippen molar-refractivity contribution in [1.29, 1.82) is 0 Å². The maximum Gasteiger partial charge on any atom is 0.416 e. The lowest BCUT2D eigenvalue weighted by molar-refractivity contribution is -0.137. The van der Waals surface area contributed by atoms with Crippen molar-refractivity contribution in [2.75, 3.05) is 30.4 Å².